The van der Waals surface area contributed by atoms with Crippen LogP contribution in [-0.4, -0.2) is 23.7 Å². The topological polar surface area (TPSA) is 40.6 Å². The van der Waals surface area contributed by atoms with Crippen LogP contribution in [0.25, 0.3) is 50.3 Å². The van der Waals surface area contributed by atoms with E-state index in [-0.39, 0.29) is 16.2 Å². The fraction of sp³-hybridized carbons (Fsp3) is 0.300. The van der Waals surface area contributed by atoms with Crippen LogP contribution in [-0.2, 0) is 16.2 Å². The third-order valence-electron chi connectivity index (χ3n) is 8.96. The maximum atomic E-state index is 5.33. The number of nitrogens with zero attached hydrogens (tertiary/aromatic N) is 5. The third-order valence-corrected chi connectivity index (χ3v) is 8.96. The molecule has 0 saturated heterocycles. The van der Waals surface area contributed by atoms with Gasteiger partial charge in [0.1, 0.15) is 11.6 Å². The van der Waals surface area contributed by atoms with Crippen molar-refractivity contribution in [3.63, 3.8) is 0 Å². The van der Waals surface area contributed by atoms with Crippen LogP contribution >= 0.6 is 0 Å². The molecular weight excluding hydrogens is 550 g/mol. The second-order valence-electron chi connectivity index (χ2n) is 15.4. The molecule has 0 amide bonds. The molecule has 0 aliphatic carbocycles. The molecule has 0 bridgehead atoms. The minimum absolute atomic E-state index is 0.0278. The van der Waals surface area contributed by atoms with Crippen LogP contribution in [0.2, 0.25) is 0 Å². The Bertz CT molecular complexity index is 1950. The van der Waals surface area contributed by atoms with Gasteiger partial charge >= 0.3 is 0 Å². The molecule has 5 heteroatoms. The lowest BCUT2D eigenvalue weighted by Crippen LogP contribution is -2.12. The molecule has 0 aliphatic rings. The predicted octanol–water partition coefficient (Wildman–Crippen LogP) is 10.2. The molecule has 7 rings (SSSR count). The normalized spacial score (nSPS) is 13.0. The molecule has 5 nitrogen and oxygen atoms in total. The van der Waals surface area contributed by atoms with Crippen molar-refractivity contribution in [2.24, 2.45) is 0 Å². The van der Waals surface area contributed by atoms with Gasteiger partial charge in [-0.05, 0) is 51.1 Å². The molecule has 0 N–H and O–H groups in total. The van der Waals surface area contributed by atoms with Gasteiger partial charge in [0.15, 0.2) is 0 Å². The zero-order valence-corrected chi connectivity index (χ0v) is 28.0. The van der Waals surface area contributed by atoms with E-state index in [1.807, 2.05) is 0 Å². The fourth-order valence-electron chi connectivity index (χ4n) is 6.64. The number of para-hydroxylation sites is 3. The zero-order valence-electron chi connectivity index (χ0n) is 28.0. The van der Waals surface area contributed by atoms with Crippen molar-refractivity contribution in [2.45, 2.75) is 78.6 Å². The molecule has 4 heterocycles. The Labute approximate surface area is 266 Å². The van der Waals surface area contributed by atoms with Gasteiger partial charge in [0, 0.05) is 40.8 Å². The van der Waals surface area contributed by atoms with Gasteiger partial charge in [-0.2, -0.15) is 9.97 Å². The van der Waals surface area contributed by atoms with Crippen LogP contribution in [0.5, 0.6) is 0 Å². The Morgan fingerprint density at radius 2 is 0.733 bits per heavy atom. The molecule has 228 valence electrons. The summed E-state index contributed by atoms with van der Waals surface area (Å²) >= 11 is 0. The van der Waals surface area contributed by atoms with E-state index in [2.05, 4.69) is 173 Å². The van der Waals surface area contributed by atoms with E-state index in [0.717, 1.165) is 28.2 Å². The van der Waals surface area contributed by atoms with Crippen LogP contribution in [0.1, 0.15) is 79.0 Å². The van der Waals surface area contributed by atoms with Gasteiger partial charge in [-0.3, -0.25) is 4.57 Å². The quantitative estimate of drug-likeness (QED) is 0.204. The summed E-state index contributed by atoms with van der Waals surface area (Å²) in [5, 5.41) is 3.72. The van der Waals surface area contributed by atoms with Crippen LogP contribution in [0.4, 0.5) is 0 Å². The Hall–Kier alpha value is -4.64. The van der Waals surface area contributed by atoms with Crippen LogP contribution < -0.4 is 0 Å². The van der Waals surface area contributed by atoms with Crippen LogP contribution in [0.15, 0.2) is 97.5 Å². The zero-order chi connectivity index (χ0) is 31.9. The molecule has 0 radical (unpaired) electrons. The fourth-order valence-corrected chi connectivity index (χ4v) is 6.64. The Balaban J connectivity index is 1.57. The number of benzene rings is 3. The van der Waals surface area contributed by atoms with Crippen molar-refractivity contribution in [3.8, 4) is 17.6 Å². The van der Waals surface area contributed by atoms with Crippen molar-refractivity contribution >= 4 is 32.7 Å². The first-order valence-corrected chi connectivity index (χ1v) is 15.9. The van der Waals surface area contributed by atoms with E-state index >= 15 is 0 Å². The van der Waals surface area contributed by atoms with E-state index in [1.165, 1.54) is 32.8 Å². The van der Waals surface area contributed by atoms with Gasteiger partial charge in [-0.1, -0.05) is 117 Å². The van der Waals surface area contributed by atoms with E-state index in [9.17, 15) is 0 Å². The maximum absolute atomic E-state index is 5.33. The number of aromatic nitrogens is 5. The molecule has 0 spiro atoms. The second-order valence-corrected chi connectivity index (χ2v) is 15.4. The summed E-state index contributed by atoms with van der Waals surface area (Å²) in [6.07, 6.45) is 6.77. The molecule has 0 atom stereocenters. The van der Waals surface area contributed by atoms with Crippen molar-refractivity contribution in [1.82, 2.24) is 23.7 Å². The second kappa shape index (κ2) is 9.93. The highest BCUT2D eigenvalue weighted by atomic mass is 15.2. The molecular formula is C40H43N5. The van der Waals surface area contributed by atoms with Crippen LogP contribution in [0, 0.1) is 0 Å². The summed E-state index contributed by atoms with van der Waals surface area (Å²) < 4.78 is 6.67. The smallest absolute Gasteiger partial charge is 0.238 e. The summed E-state index contributed by atoms with van der Waals surface area (Å²) in [4.78, 5) is 10.7. The van der Waals surface area contributed by atoms with Gasteiger partial charge in [-0.25, -0.2) is 0 Å². The summed E-state index contributed by atoms with van der Waals surface area (Å²) in [7, 11) is 0. The number of hydrogen-bond donors (Lipinski definition) is 0. The van der Waals surface area contributed by atoms with Crippen molar-refractivity contribution < 1.29 is 0 Å². The van der Waals surface area contributed by atoms with E-state index < -0.39 is 0 Å². The molecule has 0 saturated carbocycles. The summed E-state index contributed by atoms with van der Waals surface area (Å²) in [6.45, 7) is 20.4. The van der Waals surface area contributed by atoms with Crippen LogP contribution in [0.3, 0.4) is 0 Å². The molecule has 45 heavy (non-hydrogen) atoms. The Morgan fingerprint density at radius 3 is 1.09 bits per heavy atom. The summed E-state index contributed by atoms with van der Waals surface area (Å²) in [6, 6.07) is 28.0. The average Bonchev–Trinajstić information content (AvgIpc) is 3.68. The molecule has 0 unspecified atom stereocenters. The lowest BCUT2D eigenvalue weighted by atomic mass is 9.87. The standard InChI is InChI=1S/C40H43N5/c1-38(2,3)29-23-43(32-19-13-10-16-26(29)32)35-22-36(44-24-30(39(4,5)6)27-17-11-14-20-33(27)44)42-37(41-35)45-25-31(40(7,8)9)28-18-12-15-21-34(28)45/h10-25H,1-9H3. The highest BCUT2D eigenvalue weighted by Gasteiger charge is 2.26. The largest absolute Gasteiger partial charge is 0.301 e. The average molecular weight is 594 g/mol. The monoisotopic (exact) mass is 593 g/mol. The number of fused-ring (bicyclic) bond motifs is 3. The van der Waals surface area contributed by atoms with Gasteiger partial charge < -0.3 is 9.13 Å². The van der Waals surface area contributed by atoms with Gasteiger partial charge in [0.05, 0.1) is 16.6 Å². The van der Waals surface area contributed by atoms with Crippen molar-refractivity contribution in [1.29, 1.82) is 0 Å². The lowest BCUT2D eigenvalue weighted by Gasteiger charge is -2.17. The number of rotatable bonds is 3. The SMILES string of the molecule is CC(C)(C)c1cn(-c2cc(-n3cc(C(C)(C)C)c4ccccc43)nc(-n3cc(C(C)(C)C)c4ccccc43)n2)c2ccccc12. The first kappa shape index (κ1) is 29.1. The van der Waals surface area contributed by atoms with Gasteiger partial charge in [0.25, 0.3) is 0 Å². The molecule has 4 aromatic heterocycles. The maximum Gasteiger partial charge on any atom is 0.238 e. The highest BCUT2D eigenvalue weighted by Crippen LogP contribution is 2.37. The summed E-state index contributed by atoms with van der Waals surface area (Å²) in [5.41, 5.74) is 7.15. The van der Waals surface area contributed by atoms with E-state index in [4.69, 9.17) is 9.97 Å². The summed E-state index contributed by atoms with van der Waals surface area (Å²) in [5.74, 6) is 2.33. The molecule has 0 fully saturated rings. The lowest BCUT2D eigenvalue weighted by molar-refractivity contribution is 0.594. The molecule has 0 aliphatic heterocycles. The third kappa shape index (κ3) is 4.86. The van der Waals surface area contributed by atoms with Gasteiger partial charge in [-0.15, -0.1) is 0 Å². The Morgan fingerprint density at radius 1 is 0.422 bits per heavy atom. The highest BCUT2D eigenvalue weighted by molar-refractivity contribution is 5.89. The first-order chi connectivity index (χ1) is 21.2. The molecule has 3 aromatic carbocycles. The minimum Gasteiger partial charge on any atom is -0.301 e. The van der Waals surface area contributed by atoms with Crippen molar-refractivity contribution in [3.05, 3.63) is 114 Å². The predicted molar refractivity (Wildman–Crippen MR) is 189 cm³/mol. The van der Waals surface area contributed by atoms with E-state index in [1.54, 1.807) is 0 Å². The van der Waals surface area contributed by atoms with Gasteiger partial charge in [0.2, 0.25) is 5.95 Å². The minimum atomic E-state index is -0.0399. The Kier molecular flexibility index (Phi) is 6.42. The first-order valence-electron chi connectivity index (χ1n) is 15.9. The molecule has 7 aromatic rings. The number of hydrogen-bond acceptors (Lipinski definition) is 2. The van der Waals surface area contributed by atoms with E-state index in [0.29, 0.717) is 5.95 Å². The van der Waals surface area contributed by atoms with Crippen molar-refractivity contribution in [2.75, 3.05) is 0 Å².